The SMILES string of the molecule is OC1Cc2cccc(c2)CC(O)O1. The van der Waals surface area contributed by atoms with Crippen LogP contribution in [-0.2, 0) is 17.6 Å². The van der Waals surface area contributed by atoms with Crippen LogP contribution in [-0.4, -0.2) is 22.8 Å². The van der Waals surface area contributed by atoms with Gasteiger partial charge >= 0.3 is 0 Å². The highest BCUT2D eigenvalue weighted by molar-refractivity contribution is 5.24. The zero-order valence-corrected chi connectivity index (χ0v) is 7.18. The number of hydrogen-bond donors (Lipinski definition) is 2. The van der Waals surface area contributed by atoms with Crippen molar-refractivity contribution in [2.75, 3.05) is 0 Å². The van der Waals surface area contributed by atoms with Crippen molar-refractivity contribution in [3.63, 3.8) is 0 Å². The summed E-state index contributed by atoms with van der Waals surface area (Å²) in [7, 11) is 0. The summed E-state index contributed by atoms with van der Waals surface area (Å²) in [5, 5.41) is 18.6. The standard InChI is InChI=1S/C10H12O3/c11-9-5-7-2-1-3-8(4-7)6-10(12)13-9/h1-4,9-12H,5-6H2. The number of ether oxygens (including phenoxy) is 1. The Morgan fingerprint density at radius 2 is 1.62 bits per heavy atom. The van der Waals surface area contributed by atoms with E-state index >= 15 is 0 Å². The predicted octanol–water partition coefficient (Wildman–Crippen LogP) is 0.439. The van der Waals surface area contributed by atoms with Gasteiger partial charge in [-0.15, -0.1) is 0 Å². The van der Waals surface area contributed by atoms with E-state index < -0.39 is 12.6 Å². The first-order chi connectivity index (χ1) is 6.24. The fourth-order valence-electron chi connectivity index (χ4n) is 1.56. The summed E-state index contributed by atoms with van der Waals surface area (Å²) in [6, 6.07) is 7.78. The van der Waals surface area contributed by atoms with E-state index in [-0.39, 0.29) is 0 Å². The second-order valence-electron chi connectivity index (χ2n) is 3.27. The van der Waals surface area contributed by atoms with Gasteiger partial charge in [-0.1, -0.05) is 24.3 Å². The predicted molar refractivity (Wildman–Crippen MR) is 46.9 cm³/mol. The third-order valence-corrected chi connectivity index (χ3v) is 2.13. The van der Waals surface area contributed by atoms with Gasteiger partial charge in [-0.2, -0.15) is 0 Å². The van der Waals surface area contributed by atoms with Crippen LogP contribution in [0.1, 0.15) is 11.1 Å². The van der Waals surface area contributed by atoms with E-state index in [4.69, 9.17) is 4.74 Å². The molecule has 0 radical (unpaired) electrons. The van der Waals surface area contributed by atoms with Gasteiger partial charge in [0.15, 0.2) is 12.6 Å². The monoisotopic (exact) mass is 180 g/mol. The molecule has 2 rings (SSSR count). The van der Waals surface area contributed by atoms with E-state index in [9.17, 15) is 10.2 Å². The van der Waals surface area contributed by atoms with Crippen molar-refractivity contribution in [1.29, 1.82) is 0 Å². The smallest absolute Gasteiger partial charge is 0.161 e. The van der Waals surface area contributed by atoms with Gasteiger partial charge in [0.25, 0.3) is 0 Å². The zero-order valence-electron chi connectivity index (χ0n) is 7.18. The molecule has 0 aromatic heterocycles. The molecule has 0 spiro atoms. The molecule has 2 atom stereocenters. The highest BCUT2D eigenvalue weighted by atomic mass is 16.7. The van der Waals surface area contributed by atoms with Gasteiger partial charge in [0.1, 0.15) is 0 Å². The first kappa shape index (κ1) is 8.69. The first-order valence-corrected chi connectivity index (χ1v) is 4.33. The lowest BCUT2D eigenvalue weighted by Gasteiger charge is -2.20. The van der Waals surface area contributed by atoms with Crippen LogP contribution in [0.15, 0.2) is 24.3 Å². The molecule has 1 heterocycles. The van der Waals surface area contributed by atoms with Crippen LogP contribution in [0.3, 0.4) is 0 Å². The normalized spacial score (nSPS) is 27.8. The van der Waals surface area contributed by atoms with E-state index in [0.29, 0.717) is 12.8 Å². The lowest BCUT2D eigenvalue weighted by Crippen LogP contribution is -2.27. The minimum atomic E-state index is -0.898. The van der Waals surface area contributed by atoms with Crippen molar-refractivity contribution in [2.45, 2.75) is 25.4 Å². The lowest BCUT2D eigenvalue weighted by atomic mass is 10.0. The number of benzene rings is 1. The molecule has 2 unspecified atom stereocenters. The Labute approximate surface area is 76.6 Å². The van der Waals surface area contributed by atoms with Gasteiger partial charge in [-0.3, -0.25) is 0 Å². The fourth-order valence-corrected chi connectivity index (χ4v) is 1.56. The minimum absolute atomic E-state index is 0.435. The van der Waals surface area contributed by atoms with Crippen LogP contribution in [0.2, 0.25) is 0 Å². The summed E-state index contributed by atoms with van der Waals surface area (Å²) in [6.07, 6.45) is -0.924. The summed E-state index contributed by atoms with van der Waals surface area (Å²) in [4.78, 5) is 0. The van der Waals surface area contributed by atoms with Crippen molar-refractivity contribution in [2.24, 2.45) is 0 Å². The molecule has 1 aliphatic rings. The summed E-state index contributed by atoms with van der Waals surface area (Å²) in [6.45, 7) is 0. The Morgan fingerprint density at radius 1 is 1.08 bits per heavy atom. The maximum Gasteiger partial charge on any atom is 0.161 e. The van der Waals surface area contributed by atoms with Crippen molar-refractivity contribution in [3.05, 3.63) is 35.4 Å². The molecule has 3 heteroatoms. The highest BCUT2D eigenvalue weighted by Gasteiger charge is 2.16. The van der Waals surface area contributed by atoms with Gasteiger partial charge in [0, 0.05) is 12.8 Å². The molecule has 0 saturated heterocycles. The minimum Gasteiger partial charge on any atom is -0.368 e. The largest absolute Gasteiger partial charge is 0.368 e. The molecule has 0 saturated carbocycles. The van der Waals surface area contributed by atoms with Gasteiger partial charge in [0.05, 0.1) is 0 Å². The Kier molecular flexibility index (Phi) is 2.31. The van der Waals surface area contributed by atoms with Crippen molar-refractivity contribution >= 4 is 0 Å². The second kappa shape index (κ2) is 3.46. The molecule has 2 bridgehead atoms. The molecule has 1 aliphatic heterocycles. The molecular weight excluding hydrogens is 168 g/mol. The zero-order chi connectivity index (χ0) is 9.26. The number of fused-ring (bicyclic) bond motifs is 2. The Balaban J connectivity index is 2.29. The van der Waals surface area contributed by atoms with E-state index in [2.05, 4.69) is 0 Å². The first-order valence-electron chi connectivity index (χ1n) is 4.33. The molecule has 13 heavy (non-hydrogen) atoms. The number of hydrogen-bond acceptors (Lipinski definition) is 3. The molecule has 0 aliphatic carbocycles. The van der Waals surface area contributed by atoms with Crippen LogP contribution in [0.5, 0.6) is 0 Å². The molecule has 2 N–H and O–H groups in total. The maximum atomic E-state index is 9.32. The maximum absolute atomic E-state index is 9.32. The fraction of sp³-hybridized carbons (Fsp3) is 0.400. The summed E-state index contributed by atoms with van der Waals surface area (Å²) < 4.78 is 4.92. The quantitative estimate of drug-likeness (QED) is 0.609. The van der Waals surface area contributed by atoms with Crippen LogP contribution < -0.4 is 0 Å². The Hall–Kier alpha value is -0.900. The van der Waals surface area contributed by atoms with E-state index in [1.807, 2.05) is 24.3 Å². The molecular formula is C10H12O3. The topological polar surface area (TPSA) is 49.7 Å². The van der Waals surface area contributed by atoms with Crippen molar-refractivity contribution in [1.82, 2.24) is 0 Å². The van der Waals surface area contributed by atoms with Crippen LogP contribution in [0, 0.1) is 0 Å². The summed E-state index contributed by atoms with van der Waals surface area (Å²) >= 11 is 0. The van der Waals surface area contributed by atoms with Gasteiger partial charge in [-0.05, 0) is 11.1 Å². The van der Waals surface area contributed by atoms with E-state index in [1.165, 1.54) is 0 Å². The third kappa shape index (κ3) is 2.06. The number of aliphatic hydroxyl groups excluding tert-OH is 2. The van der Waals surface area contributed by atoms with Gasteiger partial charge in [0.2, 0.25) is 0 Å². The average Bonchev–Trinajstić information content (AvgIpc) is 2.01. The molecule has 1 aromatic rings. The van der Waals surface area contributed by atoms with Crippen molar-refractivity contribution < 1.29 is 14.9 Å². The molecule has 3 nitrogen and oxygen atoms in total. The average molecular weight is 180 g/mol. The number of rotatable bonds is 0. The molecule has 0 fully saturated rings. The third-order valence-electron chi connectivity index (χ3n) is 2.13. The Bertz CT molecular complexity index is 273. The van der Waals surface area contributed by atoms with Gasteiger partial charge < -0.3 is 14.9 Å². The molecule has 1 aromatic carbocycles. The van der Waals surface area contributed by atoms with Gasteiger partial charge in [-0.25, -0.2) is 0 Å². The van der Waals surface area contributed by atoms with E-state index in [1.54, 1.807) is 0 Å². The van der Waals surface area contributed by atoms with Crippen LogP contribution in [0.4, 0.5) is 0 Å². The summed E-state index contributed by atoms with van der Waals surface area (Å²) in [5.41, 5.74) is 2.08. The number of aliphatic hydroxyl groups is 2. The Morgan fingerprint density at radius 3 is 2.15 bits per heavy atom. The van der Waals surface area contributed by atoms with Crippen molar-refractivity contribution in [3.8, 4) is 0 Å². The van der Waals surface area contributed by atoms with Crippen LogP contribution in [0.25, 0.3) is 0 Å². The highest BCUT2D eigenvalue weighted by Crippen LogP contribution is 2.15. The molecule has 70 valence electrons. The molecule has 0 amide bonds. The van der Waals surface area contributed by atoms with E-state index in [0.717, 1.165) is 11.1 Å². The van der Waals surface area contributed by atoms with Crippen LogP contribution >= 0.6 is 0 Å². The summed E-state index contributed by atoms with van der Waals surface area (Å²) in [5.74, 6) is 0. The lowest BCUT2D eigenvalue weighted by molar-refractivity contribution is -0.206. The second-order valence-corrected chi connectivity index (χ2v) is 3.27.